The van der Waals surface area contributed by atoms with Crippen LogP contribution in [0.15, 0.2) is 56.6 Å². The highest BCUT2D eigenvalue weighted by molar-refractivity contribution is 9.10. The number of thiazole rings is 1. The van der Waals surface area contributed by atoms with Gasteiger partial charge in [-0.2, -0.15) is 0 Å². The topological polar surface area (TPSA) is 113 Å². The number of carbonyl (C=O) groups excluding carboxylic acids is 1. The highest BCUT2D eigenvalue weighted by Gasteiger charge is 2.34. The number of alkyl halides is 2. The lowest BCUT2D eigenvalue weighted by atomic mass is 10.0. The maximum atomic E-state index is 13.8. The molecule has 2 aromatic rings. The van der Waals surface area contributed by atoms with E-state index in [1.165, 1.54) is 23.5 Å². The second kappa shape index (κ2) is 15.3. The number of hydrogen-bond acceptors (Lipinski definition) is 9. The average molecular weight is 648 g/mol. The zero-order valence-corrected chi connectivity index (χ0v) is 24.1. The molecule has 1 aromatic heterocycles. The van der Waals surface area contributed by atoms with E-state index in [0.717, 1.165) is 4.47 Å². The summed E-state index contributed by atoms with van der Waals surface area (Å²) in [5.41, 5.74) is 1.06. The van der Waals surface area contributed by atoms with Gasteiger partial charge in [-0.25, -0.2) is 22.9 Å². The molecule has 0 saturated carbocycles. The molecular weight excluding hydrogens is 617 g/mol. The van der Waals surface area contributed by atoms with Gasteiger partial charge in [-0.3, -0.25) is 14.7 Å². The fourth-order valence-electron chi connectivity index (χ4n) is 3.98. The van der Waals surface area contributed by atoms with Crippen molar-refractivity contribution in [3.63, 3.8) is 0 Å². The average Bonchev–Trinajstić information content (AvgIpc) is 3.43. The molecule has 218 valence electrons. The Balaban J connectivity index is 0.000000472. The molecule has 1 aromatic carbocycles. The van der Waals surface area contributed by atoms with Gasteiger partial charge in [0.05, 0.1) is 31.4 Å². The fourth-order valence-corrected chi connectivity index (χ4v) is 4.95. The van der Waals surface area contributed by atoms with Gasteiger partial charge in [-0.1, -0.05) is 22.0 Å². The van der Waals surface area contributed by atoms with Crippen molar-refractivity contribution in [2.45, 2.75) is 38.2 Å². The molecule has 0 radical (unpaired) electrons. The molecule has 1 fully saturated rings. The van der Waals surface area contributed by atoms with E-state index < -0.39 is 36.8 Å². The molecule has 2 N–H and O–H groups in total. The number of aromatic nitrogens is 1. The van der Waals surface area contributed by atoms with Crippen molar-refractivity contribution in [1.29, 1.82) is 0 Å². The monoisotopic (exact) mass is 646 g/mol. The number of morpholine rings is 1. The maximum Gasteiger partial charge on any atom is 0.337 e. The summed E-state index contributed by atoms with van der Waals surface area (Å²) in [6, 6.07) is 6.26. The normalized spacial score (nSPS) is 17.8. The van der Waals surface area contributed by atoms with Crippen LogP contribution in [0.1, 0.15) is 31.2 Å². The van der Waals surface area contributed by atoms with Crippen LogP contribution in [0.25, 0.3) is 0 Å². The van der Waals surface area contributed by atoms with Gasteiger partial charge in [0.25, 0.3) is 5.92 Å². The van der Waals surface area contributed by atoms with Gasteiger partial charge >= 0.3 is 11.9 Å². The van der Waals surface area contributed by atoms with Crippen LogP contribution in [0.5, 0.6) is 0 Å². The van der Waals surface area contributed by atoms with Crippen molar-refractivity contribution in [3.8, 4) is 0 Å². The minimum atomic E-state index is -3.28. The molecule has 1 atom stereocenters. The van der Waals surface area contributed by atoms with Crippen molar-refractivity contribution in [2.24, 2.45) is 4.99 Å². The summed E-state index contributed by atoms with van der Waals surface area (Å²) >= 11 is 4.54. The number of ether oxygens (including phenoxy) is 2. The van der Waals surface area contributed by atoms with Gasteiger partial charge in [0.15, 0.2) is 10.8 Å². The predicted octanol–water partition coefficient (Wildman–Crippen LogP) is 4.49. The number of carboxylic acids is 1. The Morgan fingerprint density at radius 2 is 2.17 bits per heavy atom. The van der Waals surface area contributed by atoms with E-state index in [-0.39, 0.29) is 25.4 Å². The first-order valence-corrected chi connectivity index (χ1v) is 14.2. The minimum Gasteiger partial charge on any atom is -0.481 e. The third kappa shape index (κ3) is 10.3. The first-order valence-electron chi connectivity index (χ1n) is 12.5. The molecule has 9 nitrogen and oxygen atoms in total. The smallest absolute Gasteiger partial charge is 0.337 e. The van der Waals surface area contributed by atoms with Crippen LogP contribution in [0, 0.1) is 5.82 Å². The summed E-state index contributed by atoms with van der Waals surface area (Å²) in [4.78, 5) is 33.7. The standard InChI is InChI=1S/C20H26F2N4O5S.C6H4BrF/c1-2-30-19(29)14-10-24-17(18-23-5-8-32-18)25-15(14)12-26-6-7-31-13(11-26)3-4-20(21,22)9-16(27)28;7-5-2-1-3-6(8)4-5/h5,8,13H,2-4,6-7,9-12H2,1H3,(H,24,25)(H,27,28);1-4H/t13-;/m1./s1. The maximum absolute atomic E-state index is 13.8. The number of aliphatic imine (C=N–C) groups is 1. The summed E-state index contributed by atoms with van der Waals surface area (Å²) < 4.78 is 51.2. The third-order valence-electron chi connectivity index (χ3n) is 5.82. The number of carbonyl (C=O) groups is 2. The molecule has 40 heavy (non-hydrogen) atoms. The van der Waals surface area contributed by atoms with Gasteiger partial charge in [0.1, 0.15) is 12.2 Å². The summed E-state index contributed by atoms with van der Waals surface area (Å²) in [6.07, 6.45) is -0.498. The zero-order chi connectivity index (χ0) is 29.1. The summed E-state index contributed by atoms with van der Waals surface area (Å²) in [7, 11) is 0. The van der Waals surface area contributed by atoms with Crippen molar-refractivity contribution >= 4 is 45.0 Å². The molecule has 0 bridgehead atoms. The molecule has 0 spiro atoms. The minimum absolute atomic E-state index is 0.0415. The number of esters is 1. The third-order valence-corrected chi connectivity index (χ3v) is 7.09. The Morgan fingerprint density at radius 3 is 2.80 bits per heavy atom. The second-order valence-electron chi connectivity index (χ2n) is 8.94. The Morgan fingerprint density at radius 1 is 1.38 bits per heavy atom. The molecule has 4 rings (SSSR count). The van der Waals surface area contributed by atoms with E-state index in [2.05, 4.69) is 31.2 Å². The number of benzene rings is 1. The molecule has 1 saturated heterocycles. The summed E-state index contributed by atoms with van der Waals surface area (Å²) in [5, 5.41) is 14.3. The number of nitrogens with zero attached hydrogens (tertiary/aromatic N) is 3. The Kier molecular flexibility index (Phi) is 12.1. The van der Waals surface area contributed by atoms with Gasteiger partial charge < -0.3 is 19.9 Å². The van der Waals surface area contributed by atoms with E-state index in [1.807, 2.05) is 10.3 Å². The van der Waals surface area contributed by atoms with Gasteiger partial charge in [0.2, 0.25) is 0 Å². The first kappa shape index (κ1) is 31.7. The number of aliphatic carboxylic acids is 1. The van der Waals surface area contributed by atoms with Crippen LogP contribution < -0.4 is 5.32 Å². The highest BCUT2D eigenvalue weighted by Crippen LogP contribution is 2.27. The van der Waals surface area contributed by atoms with E-state index in [9.17, 15) is 22.8 Å². The summed E-state index contributed by atoms with van der Waals surface area (Å²) in [5.74, 6) is -4.89. The van der Waals surface area contributed by atoms with Crippen LogP contribution in [0.3, 0.4) is 0 Å². The van der Waals surface area contributed by atoms with Crippen molar-refractivity contribution in [1.82, 2.24) is 15.2 Å². The van der Waals surface area contributed by atoms with E-state index >= 15 is 0 Å². The van der Waals surface area contributed by atoms with Crippen molar-refractivity contribution < 1.29 is 37.3 Å². The lowest BCUT2D eigenvalue weighted by Gasteiger charge is -2.35. The lowest BCUT2D eigenvalue weighted by molar-refractivity contribution is -0.146. The number of rotatable bonds is 10. The first-order chi connectivity index (χ1) is 19.1. The Hall–Kier alpha value is -2.81. The molecule has 0 unspecified atom stereocenters. The number of hydrogen-bond donors (Lipinski definition) is 2. The fraction of sp³-hybridized carbons (Fsp3) is 0.462. The van der Waals surface area contributed by atoms with Crippen LogP contribution in [-0.4, -0.2) is 84.2 Å². The number of halogens is 4. The zero-order valence-electron chi connectivity index (χ0n) is 21.7. The molecule has 2 aliphatic heterocycles. The molecule has 3 heterocycles. The second-order valence-corrected chi connectivity index (χ2v) is 10.7. The highest BCUT2D eigenvalue weighted by atomic mass is 79.9. The summed E-state index contributed by atoms with van der Waals surface area (Å²) in [6.45, 7) is 3.79. The molecule has 14 heteroatoms. The number of nitrogens with one attached hydrogen (secondary N) is 1. The van der Waals surface area contributed by atoms with Crippen LogP contribution >= 0.6 is 27.3 Å². The van der Waals surface area contributed by atoms with E-state index in [0.29, 0.717) is 48.4 Å². The molecule has 2 aliphatic rings. The number of carboxylic acid groups (broad SMARTS) is 1. The van der Waals surface area contributed by atoms with Crippen molar-refractivity contribution in [3.05, 3.63) is 62.4 Å². The largest absolute Gasteiger partial charge is 0.481 e. The van der Waals surface area contributed by atoms with Crippen LogP contribution in [0.2, 0.25) is 0 Å². The predicted molar refractivity (Wildman–Crippen MR) is 147 cm³/mol. The Bertz CT molecular complexity index is 1200. The molecular formula is C26H30BrF3N4O5S. The molecule has 0 amide bonds. The lowest BCUT2D eigenvalue weighted by Crippen LogP contribution is -2.46. The van der Waals surface area contributed by atoms with Gasteiger partial charge in [-0.15, -0.1) is 11.3 Å². The quantitative estimate of drug-likeness (QED) is 0.363. The van der Waals surface area contributed by atoms with E-state index in [4.69, 9.17) is 14.6 Å². The Labute approximate surface area is 242 Å². The van der Waals surface area contributed by atoms with Crippen LogP contribution in [0.4, 0.5) is 13.2 Å². The van der Waals surface area contributed by atoms with Crippen molar-refractivity contribution in [2.75, 3.05) is 39.4 Å². The van der Waals surface area contributed by atoms with Gasteiger partial charge in [0, 0.05) is 47.8 Å². The van der Waals surface area contributed by atoms with Crippen LogP contribution in [-0.2, 0) is 19.1 Å². The van der Waals surface area contributed by atoms with E-state index in [1.54, 1.807) is 25.3 Å². The number of amidine groups is 1. The SMILES string of the molecule is CCOC(=O)C1=C(CN2CCO[C@H](CCC(F)(F)CC(=O)O)C2)NC(c2nccs2)=NC1.Fc1cccc(Br)c1. The molecule has 0 aliphatic carbocycles. The van der Waals surface area contributed by atoms with Gasteiger partial charge in [-0.05, 0) is 31.5 Å².